The molecule has 0 bridgehead atoms. The number of methoxy groups -OCH3 is 1. The Hall–Kier alpha value is -1.86. The zero-order valence-electron chi connectivity index (χ0n) is 11.4. The van der Waals surface area contributed by atoms with E-state index in [0.29, 0.717) is 13.0 Å². The van der Waals surface area contributed by atoms with Gasteiger partial charge in [0.25, 0.3) is 0 Å². The molecule has 0 aliphatic carbocycles. The van der Waals surface area contributed by atoms with E-state index in [1.54, 1.807) is 14.2 Å². The van der Waals surface area contributed by atoms with Crippen molar-refractivity contribution in [2.24, 2.45) is 7.05 Å². The molecule has 6 nitrogen and oxygen atoms in total. The van der Waals surface area contributed by atoms with Crippen LogP contribution in [0, 0.1) is 0 Å². The molecule has 0 fully saturated rings. The number of aromatic nitrogens is 2. The van der Waals surface area contributed by atoms with Crippen LogP contribution < -0.4 is 9.46 Å². The molecular weight excluding hydrogens is 278 g/mol. The summed E-state index contributed by atoms with van der Waals surface area (Å²) in [4.78, 5) is 0.176. The Kier molecular flexibility index (Phi) is 4.41. The number of ether oxygens (including phenoxy) is 1. The number of hydrogen-bond donors (Lipinski definition) is 1. The minimum atomic E-state index is -3.48. The highest BCUT2D eigenvalue weighted by molar-refractivity contribution is 7.89. The van der Waals surface area contributed by atoms with Crippen LogP contribution in [0.2, 0.25) is 0 Å². The highest BCUT2D eigenvalue weighted by Crippen LogP contribution is 2.12. The predicted molar refractivity (Wildman–Crippen MR) is 75.1 cm³/mol. The molecule has 108 valence electrons. The van der Waals surface area contributed by atoms with Crippen LogP contribution in [0.25, 0.3) is 0 Å². The summed E-state index contributed by atoms with van der Waals surface area (Å²) in [6.07, 6.45) is 3.41. The van der Waals surface area contributed by atoms with E-state index < -0.39 is 10.0 Å². The van der Waals surface area contributed by atoms with Crippen molar-refractivity contribution >= 4 is 10.0 Å². The summed E-state index contributed by atoms with van der Waals surface area (Å²) < 4.78 is 33.0. The molecule has 0 unspecified atom stereocenters. The quantitative estimate of drug-likeness (QED) is 0.861. The number of hydrogen-bond acceptors (Lipinski definition) is 4. The van der Waals surface area contributed by atoms with E-state index in [9.17, 15) is 8.42 Å². The second kappa shape index (κ2) is 6.06. The molecule has 1 aromatic heterocycles. The summed E-state index contributed by atoms with van der Waals surface area (Å²) >= 11 is 0. The SMILES string of the molecule is COc1ccc(CCNS(=O)(=O)c2cnn(C)c2)cc1. The van der Waals surface area contributed by atoms with Crippen molar-refractivity contribution in [2.45, 2.75) is 11.3 Å². The summed E-state index contributed by atoms with van der Waals surface area (Å²) in [5.74, 6) is 0.782. The minimum Gasteiger partial charge on any atom is -0.497 e. The molecule has 2 rings (SSSR count). The second-order valence-electron chi connectivity index (χ2n) is 4.35. The first-order valence-electron chi connectivity index (χ1n) is 6.12. The smallest absolute Gasteiger partial charge is 0.243 e. The van der Waals surface area contributed by atoms with Gasteiger partial charge in [-0.15, -0.1) is 0 Å². The fraction of sp³-hybridized carbons (Fsp3) is 0.308. The molecule has 7 heteroatoms. The van der Waals surface area contributed by atoms with Crippen molar-refractivity contribution < 1.29 is 13.2 Å². The molecule has 0 spiro atoms. The molecule has 0 aliphatic rings. The molecule has 1 aromatic carbocycles. The van der Waals surface area contributed by atoms with E-state index in [0.717, 1.165) is 11.3 Å². The minimum absolute atomic E-state index is 0.176. The van der Waals surface area contributed by atoms with Gasteiger partial charge < -0.3 is 4.74 Å². The van der Waals surface area contributed by atoms with Crippen LogP contribution in [0.3, 0.4) is 0 Å². The van der Waals surface area contributed by atoms with Crippen LogP contribution in [0.4, 0.5) is 0 Å². The lowest BCUT2D eigenvalue weighted by atomic mass is 10.1. The number of rotatable bonds is 6. The number of nitrogens with zero attached hydrogens (tertiary/aromatic N) is 2. The van der Waals surface area contributed by atoms with Gasteiger partial charge in [0, 0.05) is 19.8 Å². The van der Waals surface area contributed by atoms with E-state index in [1.807, 2.05) is 24.3 Å². The van der Waals surface area contributed by atoms with Crippen LogP contribution in [0.15, 0.2) is 41.6 Å². The molecular formula is C13H17N3O3S. The van der Waals surface area contributed by atoms with Gasteiger partial charge in [-0.3, -0.25) is 4.68 Å². The van der Waals surface area contributed by atoms with Crippen molar-refractivity contribution in [3.63, 3.8) is 0 Å². The summed E-state index contributed by atoms with van der Waals surface area (Å²) in [5, 5.41) is 3.85. The molecule has 20 heavy (non-hydrogen) atoms. The molecule has 0 amide bonds. The van der Waals surface area contributed by atoms with Gasteiger partial charge in [0.2, 0.25) is 10.0 Å². The largest absolute Gasteiger partial charge is 0.497 e. The Morgan fingerprint density at radius 3 is 2.55 bits per heavy atom. The maximum atomic E-state index is 12.0. The van der Waals surface area contributed by atoms with Crippen LogP contribution in [0.1, 0.15) is 5.56 Å². The molecule has 1 N–H and O–H groups in total. The van der Waals surface area contributed by atoms with Gasteiger partial charge in [-0.2, -0.15) is 5.10 Å². The maximum absolute atomic E-state index is 12.0. The van der Waals surface area contributed by atoms with Crippen LogP contribution >= 0.6 is 0 Å². The first kappa shape index (κ1) is 14.5. The summed E-state index contributed by atoms with van der Waals surface area (Å²) in [6.45, 7) is 0.337. The Morgan fingerprint density at radius 1 is 1.30 bits per heavy atom. The topological polar surface area (TPSA) is 73.2 Å². The van der Waals surface area contributed by atoms with Crippen molar-refractivity contribution in [1.29, 1.82) is 0 Å². The van der Waals surface area contributed by atoms with E-state index in [-0.39, 0.29) is 4.90 Å². The van der Waals surface area contributed by atoms with Gasteiger partial charge in [-0.05, 0) is 24.1 Å². The lowest BCUT2D eigenvalue weighted by Crippen LogP contribution is -2.25. The third-order valence-corrected chi connectivity index (χ3v) is 4.27. The molecule has 0 saturated carbocycles. The lowest BCUT2D eigenvalue weighted by Gasteiger charge is -2.05. The molecule has 0 saturated heterocycles. The summed E-state index contributed by atoms with van der Waals surface area (Å²) in [6, 6.07) is 7.53. The van der Waals surface area contributed by atoms with Crippen molar-refractivity contribution in [3.8, 4) is 5.75 Å². The van der Waals surface area contributed by atoms with Gasteiger partial charge in [0.15, 0.2) is 0 Å². The van der Waals surface area contributed by atoms with Gasteiger partial charge in [-0.1, -0.05) is 12.1 Å². The van der Waals surface area contributed by atoms with Crippen molar-refractivity contribution in [2.75, 3.05) is 13.7 Å². The molecule has 0 atom stereocenters. The fourth-order valence-electron chi connectivity index (χ4n) is 1.74. The van der Waals surface area contributed by atoms with E-state index in [2.05, 4.69) is 9.82 Å². The number of nitrogens with one attached hydrogen (secondary N) is 1. The number of aryl methyl sites for hydroxylation is 1. The molecule has 1 heterocycles. The Labute approximate surface area is 118 Å². The average Bonchev–Trinajstić information content (AvgIpc) is 2.87. The highest BCUT2D eigenvalue weighted by atomic mass is 32.2. The highest BCUT2D eigenvalue weighted by Gasteiger charge is 2.14. The Balaban J connectivity index is 1.91. The first-order valence-corrected chi connectivity index (χ1v) is 7.61. The van der Waals surface area contributed by atoms with Crippen LogP contribution in [-0.2, 0) is 23.5 Å². The Morgan fingerprint density at radius 2 is 2.00 bits per heavy atom. The number of benzene rings is 1. The van der Waals surface area contributed by atoms with Crippen LogP contribution in [0.5, 0.6) is 5.75 Å². The van der Waals surface area contributed by atoms with Gasteiger partial charge >= 0.3 is 0 Å². The van der Waals surface area contributed by atoms with Crippen LogP contribution in [-0.4, -0.2) is 31.9 Å². The monoisotopic (exact) mass is 295 g/mol. The summed E-state index contributed by atoms with van der Waals surface area (Å²) in [7, 11) is -0.195. The van der Waals surface area contributed by atoms with Crippen molar-refractivity contribution in [3.05, 3.63) is 42.2 Å². The predicted octanol–water partition coefficient (Wildman–Crippen LogP) is 0.950. The van der Waals surface area contributed by atoms with Gasteiger partial charge in [0.05, 0.1) is 13.3 Å². The molecule has 0 radical (unpaired) electrons. The molecule has 0 aliphatic heterocycles. The standard InChI is InChI=1S/C13H17N3O3S/c1-16-10-13(9-14-16)20(17,18)15-8-7-11-3-5-12(19-2)6-4-11/h3-6,9-10,15H,7-8H2,1-2H3. The third-order valence-electron chi connectivity index (χ3n) is 2.86. The van der Waals surface area contributed by atoms with Crippen molar-refractivity contribution in [1.82, 2.24) is 14.5 Å². The average molecular weight is 295 g/mol. The second-order valence-corrected chi connectivity index (χ2v) is 6.11. The third kappa shape index (κ3) is 3.58. The zero-order valence-corrected chi connectivity index (χ0v) is 12.2. The fourth-order valence-corrected chi connectivity index (χ4v) is 2.76. The maximum Gasteiger partial charge on any atom is 0.243 e. The van der Waals surface area contributed by atoms with E-state index in [4.69, 9.17) is 4.74 Å². The molecule has 2 aromatic rings. The zero-order chi connectivity index (χ0) is 14.6. The Bertz CT molecular complexity index is 662. The lowest BCUT2D eigenvalue weighted by molar-refractivity contribution is 0.414. The normalized spacial score (nSPS) is 11.5. The first-order chi connectivity index (χ1) is 9.51. The number of sulfonamides is 1. The van der Waals surface area contributed by atoms with E-state index >= 15 is 0 Å². The summed E-state index contributed by atoms with van der Waals surface area (Å²) in [5.41, 5.74) is 1.04. The van der Waals surface area contributed by atoms with Gasteiger partial charge in [0.1, 0.15) is 10.6 Å². The van der Waals surface area contributed by atoms with Gasteiger partial charge in [-0.25, -0.2) is 13.1 Å². The van der Waals surface area contributed by atoms with E-state index in [1.165, 1.54) is 17.1 Å².